The van der Waals surface area contributed by atoms with Gasteiger partial charge in [0.2, 0.25) is 0 Å². The van der Waals surface area contributed by atoms with Crippen LogP contribution < -0.4 is 5.32 Å². The van der Waals surface area contributed by atoms with E-state index in [2.05, 4.69) is 22.1 Å². The zero-order valence-corrected chi connectivity index (χ0v) is 14.8. The van der Waals surface area contributed by atoms with Gasteiger partial charge in [-0.2, -0.15) is 0 Å². The molecule has 3 fully saturated rings. The Morgan fingerprint density at radius 1 is 1.24 bits per heavy atom. The van der Waals surface area contributed by atoms with Crippen LogP contribution in [0.5, 0.6) is 0 Å². The number of pyridine rings is 1. The third-order valence-electron chi connectivity index (χ3n) is 6.02. The molecule has 1 N–H and O–H groups in total. The van der Waals surface area contributed by atoms with Crippen molar-refractivity contribution in [2.24, 2.45) is 5.92 Å². The summed E-state index contributed by atoms with van der Waals surface area (Å²) in [6, 6.07) is 4.23. The third-order valence-corrected chi connectivity index (χ3v) is 6.02. The molecular formula is C19H26N4O2. The lowest BCUT2D eigenvalue weighted by atomic mass is 9.73. The number of hydrogen-bond acceptors (Lipinski definition) is 4. The second-order valence-electron chi connectivity index (χ2n) is 7.76. The van der Waals surface area contributed by atoms with Crippen molar-refractivity contribution >= 4 is 11.9 Å². The molecule has 6 heteroatoms. The Hall–Kier alpha value is -1.95. The molecule has 1 spiro atoms. The molecule has 0 aromatic carbocycles. The van der Waals surface area contributed by atoms with Crippen LogP contribution in [-0.4, -0.2) is 45.0 Å². The van der Waals surface area contributed by atoms with Crippen LogP contribution in [0.3, 0.4) is 0 Å². The van der Waals surface area contributed by atoms with Crippen LogP contribution >= 0.6 is 0 Å². The minimum atomic E-state index is -0.665. The van der Waals surface area contributed by atoms with E-state index in [0.29, 0.717) is 12.7 Å². The lowest BCUT2D eigenvalue weighted by Crippen LogP contribution is -2.54. The van der Waals surface area contributed by atoms with Crippen molar-refractivity contribution in [2.45, 2.75) is 63.6 Å². The number of nitrogens with one attached hydrogen (secondary N) is 1. The Kier molecular flexibility index (Phi) is 4.23. The molecule has 6 nitrogen and oxygen atoms in total. The summed E-state index contributed by atoms with van der Waals surface area (Å²) in [7, 11) is 0. The Labute approximate surface area is 148 Å². The molecule has 0 unspecified atom stereocenters. The number of carbonyl (C=O) groups is 2. The number of nitrogens with zero attached hydrogens (tertiary/aromatic N) is 3. The van der Waals surface area contributed by atoms with Gasteiger partial charge in [0.05, 0.1) is 6.67 Å². The van der Waals surface area contributed by atoms with E-state index >= 15 is 0 Å². The number of imide groups is 1. The average molecular weight is 342 g/mol. The molecule has 1 saturated heterocycles. The van der Waals surface area contributed by atoms with Crippen molar-refractivity contribution in [3.8, 4) is 0 Å². The van der Waals surface area contributed by atoms with E-state index in [1.54, 1.807) is 12.4 Å². The Balaban J connectivity index is 1.50. The standard InChI is InChI=1S/C19H26N4O2/c1-14-4-2-3-9-19(14)17(24)23(18(25)21-19)13-22(16-5-6-16)12-15-7-10-20-11-8-15/h7-8,10-11,14,16H,2-6,9,12-13H2,1H3,(H,21,25)/t14-,19-/m1/s1. The minimum Gasteiger partial charge on any atom is -0.323 e. The average Bonchev–Trinajstić information content (AvgIpc) is 3.42. The lowest BCUT2D eigenvalue weighted by molar-refractivity contribution is -0.135. The van der Waals surface area contributed by atoms with Crippen LogP contribution in [0.1, 0.15) is 51.0 Å². The van der Waals surface area contributed by atoms with Gasteiger partial charge in [-0.15, -0.1) is 0 Å². The largest absolute Gasteiger partial charge is 0.326 e. The number of rotatable bonds is 5. The first-order valence-electron chi connectivity index (χ1n) is 9.37. The molecule has 2 atom stereocenters. The normalized spacial score (nSPS) is 29.5. The first-order valence-corrected chi connectivity index (χ1v) is 9.37. The van der Waals surface area contributed by atoms with Crippen LogP contribution in [0.25, 0.3) is 0 Å². The van der Waals surface area contributed by atoms with Crippen LogP contribution in [0.2, 0.25) is 0 Å². The molecule has 2 heterocycles. The van der Waals surface area contributed by atoms with Gasteiger partial charge in [-0.05, 0) is 49.3 Å². The highest BCUT2D eigenvalue weighted by atomic mass is 16.2. The van der Waals surface area contributed by atoms with Crippen molar-refractivity contribution in [3.05, 3.63) is 30.1 Å². The number of carbonyl (C=O) groups excluding carboxylic acids is 2. The van der Waals surface area contributed by atoms with E-state index in [1.807, 2.05) is 12.1 Å². The first kappa shape index (κ1) is 16.5. The summed E-state index contributed by atoms with van der Waals surface area (Å²) in [4.78, 5) is 33.5. The number of urea groups is 1. The van der Waals surface area contributed by atoms with Gasteiger partial charge in [-0.1, -0.05) is 19.8 Å². The quantitative estimate of drug-likeness (QED) is 0.835. The number of hydrogen-bond donors (Lipinski definition) is 1. The van der Waals surface area contributed by atoms with Gasteiger partial charge >= 0.3 is 6.03 Å². The van der Waals surface area contributed by atoms with Crippen molar-refractivity contribution in [1.82, 2.24) is 20.1 Å². The van der Waals surface area contributed by atoms with Gasteiger partial charge in [0.15, 0.2) is 0 Å². The highest BCUT2D eigenvalue weighted by molar-refractivity contribution is 6.07. The topological polar surface area (TPSA) is 65.5 Å². The van der Waals surface area contributed by atoms with Gasteiger partial charge in [0.1, 0.15) is 5.54 Å². The summed E-state index contributed by atoms with van der Waals surface area (Å²) >= 11 is 0. The Bertz CT molecular complexity index is 661. The van der Waals surface area contributed by atoms with Crippen molar-refractivity contribution < 1.29 is 9.59 Å². The van der Waals surface area contributed by atoms with Crippen LogP contribution in [0.4, 0.5) is 4.79 Å². The van der Waals surface area contributed by atoms with E-state index in [0.717, 1.165) is 50.6 Å². The van der Waals surface area contributed by atoms with E-state index in [4.69, 9.17) is 0 Å². The molecule has 4 rings (SSSR count). The minimum absolute atomic E-state index is 0.0231. The fourth-order valence-corrected chi connectivity index (χ4v) is 4.26. The molecule has 2 aliphatic carbocycles. The van der Waals surface area contributed by atoms with E-state index < -0.39 is 5.54 Å². The van der Waals surface area contributed by atoms with Gasteiger partial charge in [-0.25, -0.2) is 9.69 Å². The van der Waals surface area contributed by atoms with Crippen molar-refractivity contribution in [1.29, 1.82) is 0 Å². The van der Waals surface area contributed by atoms with E-state index in [9.17, 15) is 9.59 Å². The predicted molar refractivity (Wildman–Crippen MR) is 93.4 cm³/mol. The van der Waals surface area contributed by atoms with Gasteiger partial charge < -0.3 is 5.32 Å². The summed E-state index contributed by atoms with van der Waals surface area (Å²) in [6.07, 6.45) is 9.76. The Morgan fingerprint density at radius 3 is 2.68 bits per heavy atom. The summed E-state index contributed by atoms with van der Waals surface area (Å²) in [5.41, 5.74) is 0.496. The van der Waals surface area contributed by atoms with E-state index in [1.165, 1.54) is 4.90 Å². The first-order chi connectivity index (χ1) is 12.1. The molecular weight excluding hydrogens is 316 g/mol. The van der Waals surface area contributed by atoms with Crippen molar-refractivity contribution in [2.75, 3.05) is 6.67 Å². The second-order valence-corrected chi connectivity index (χ2v) is 7.76. The smallest absolute Gasteiger partial charge is 0.323 e. The zero-order chi connectivity index (χ0) is 17.4. The van der Waals surface area contributed by atoms with Crippen LogP contribution in [-0.2, 0) is 11.3 Å². The molecule has 1 aromatic rings. The molecule has 0 radical (unpaired) electrons. The maximum absolute atomic E-state index is 13.1. The fraction of sp³-hybridized carbons (Fsp3) is 0.632. The number of aromatic nitrogens is 1. The number of amides is 3. The van der Waals surface area contributed by atoms with Crippen molar-refractivity contribution in [3.63, 3.8) is 0 Å². The predicted octanol–water partition coefficient (Wildman–Crippen LogP) is 2.50. The maximum Gasteiger partial charge on any atom is 0.326 e. The van der Waals surface area contributed by atoms with Crippen LogP contribution in [0.15, 0.2) is 24.5 Å². The highest BCUT2D eigenvalue weighted by Crippen LogP contribution is 2.39. The maximum atomic E-state index is 13.1. The second kappa shape index (κ2) is 6.41. The summed E-state index contributed by atoms with van der Waals surface area (Å²) in [5, 5.41) is 3.05. The molecule has 3 amide bonds. The zero-order valence-electron chi connectivity index (χ0n) is 14.8. The molecule has 0 bridgehead atoms. The Morgan fingerprint density at radius 2 is 2.00 bits per heavy atom. The fourth-order valence-electron chi connectivity index (χ4n) is 4.26. The van der Waals surface area contributed by atoms with Crippen LogP contribution in [0, 0.1) is 5.92 Å². The summed E-state index contributed by atoms with van der Waals surface area (Å²) in [5.74, 6) is 0.183. The lowest BCUT2D eigenvalue weighted by Gasteiger charge is -2.37. The molecule has 3 aliphatic rings. The van der Waals surface area contributed by atoms with Gasteiger partial charge in [-0.3, -0.25) is 14.7 Å². The molecule has 2 saturated carbocycles. The highest BCUT2D eigenvalue weighted by Gasteiger charge is 2.55. The van der Waals surface area contributed by atoms with Gasteiger partial charge in [0, 0.05) is 25.0 Å². The molecule has 134 valence electrons. The van der Waals surface area contributed by atoms with Gasteiger partial charge in [0.25, 0.3) is 5.91 Å². The molecule has 1 aliphatic heterocycles. The van der Waals surface area contributed by atoms with E-state index in [-0.39, 0.29) is 17.9 Å². The molecule has 1 aromatic heterocycles. The third kappa shape index (κ3) is 3.03. The molecule has 25 heavy (non-hydrogen) atoms. The monoisotopic (exact) mass is 342 g/mol. The summed E-state index contributed by atoms with van der Waals surface area (Å²) in [6.45, 7) is 3.22. The summed E-state index contributed by atoms with van der Waals surface area (Å²) < 4.78 is 0. The SMILES string of the molecule is C[C@@H]1CCCC[C@@]12NC(=O)N(CN(Cc1ccncc1)C1CC1)C2=O.